The second-order valence-electron chi connectivity index (χ2n) is 5.31. The number of H-pyrrole nitrogens is 1. The highest BCUT2D eigenvalue weighted by molar-refractivity contribution is 5.94. The number of nitrogens with one attached hydrogen (secondary N) is 1. The molecule has 18 heavy (non-hydrogen) atoms. The predicted molar refractivity (Wildman–Crippen MR) is 68.5 cm³/mol. The van der Waals surface area contributed by atoms with E-state index in [9.17, 15) is 9.59 Å². The van der Waals surface area contributed by atoms with Crippen molar-refractivity contribution in [2.45, 2.75) is 38.1 Å². The number of hydrogen-bond donors (Lipinski definition) is 1. The number of aromatic nitrogens is 1. The Balaban J connectivity index is 1.85. The molecule has 2 fully saturated rings. The quantitative estimate of drug-likeness (QED) is 0.821. The SMILES string of the molecule is O=C(c1ccc[nH]c1=O)N1CCC2CCCCC21. The predicted octanol–water partition coefficient (Wildman–Crippen LogP) is 1.78. The van der Waals surface area contributed by atoms with Crippen LogP contribution in [-0.4, -0.2) is 28.4 Å². The number of hydrogen-bond acceptors (Lipinski definition) is 2. The fourth-order valence-electron chi connectivity index (χ4n) is 3.40. The minimum absolute atomic E-state index is 0.0914. The fourth-order valence-corrected chi connectivity index (χ4v) is 3.40. The van der Waals surface area contributed by atoms with Crippen LogP contribution in [0.1, 0.15) is 42.5 Å². The zero-order valence-corrected chi connectivity index (χ0v) is 10.4. The van der Waals surface area contributed by atoms with Gasteiger partial charge in [0.2, 0.25) is 0 Å². The minimum Gasteiger partial charge on any atom is -0.335 e. The van der Waals surface area contributed by atoms with Crippen molar-refractivity contribution in [1.82, 2.24) is 9.88 Å². The van der Waals surface area contributed by atoms with Crippen molar-refractivity contribution in [3.05, 3.63) is 34.2 Å². The van der Waals surface area contributed by atoms with E-state index in [0.29, 0.717) is 12.0 Å². The van der Waals surface area contributed by atoms with Crippen LogP contribution in [0.5, 0.6) is 0 Å². The largest absolute Gasteiger partial charge is 0.335 e. The van der Waals surface area contributed by atoms with E-state index in [4.69, 9.17) is 0 Å². The van der Waals surface area contributed by atoms with Crippen molar-refractivity contribution in [2.75, 3.05) is 6.54 Å². The molecule has 1 saturated carbocycles. The third kappa shape index (κ3) is 1.85. The molecule has 4 heteroatoms. The third-order valence-corrected chi connectivity index (χ3v) is 4.32. The van der Waals surface area contributed by atoms with E-state index in [0.717, 1.165) is 19.4 Å². The summed E-state index contributed by atoms with van der Waals surface area (Å²) in [5.41, 5.74) is 0.00508. The summed E-state index contributed by atoms with van der Waals surface area (Å²) < 4.78 is 0. The lowest BCUT2D eigenvalue weighted by Crippen LogP contribution is -2.41. The first-order chi connectivity index (χ1) is 8.77. The van der Waals surface area contributed by atoms with Crippen molar-refractivity contribution in [3.8, 4) is 0 Å². The Hall–Kier alpha value is -1.58. The number of pyridine rings is 1. The average molecular weight is 246 g/mol. The second kappa shape index (κ2) is 4.59. The van der Waals surface area contributed by atoms with Crippen molar-refractivity contribution in [2.24, 2.45) is 5.92 Å². The van der Waals surface area contributed by atoms with Crippen LogP contribution in [0.25, 0.3) is 0 Å². The standard InChI is InChI=1S/C14H18N2O2/c17-13-11(5-3-8-15-13)14(18)16-9-7-10-4-1-2-6-12(10)16/h3,5,8,10,12H,1-2,4,6-7,9H2,(H,15,17). The van der Waals surface area contributed by atoms with Gasteiger partial charge in [0.1, 0.15) is 5.56 Å². The molecule has 1 N–H and O–H groups in total. The van der Waals surface area contributed by atoms with Gasteiger partial charge in [0.25, 0.3) is 11.5 Å². The van der Waals surface area contributed by atoms with Gasteiger partial charge in [-0.25, -0.2) is 0 Å². The van der Waals surface area contributed by atoms with Gasteiger partial charge < -0.3 is 9.88 Å². The van der Waals surface area contributed by atoms with E-state index in [1.807, 2.05) is 4.90 Å². The second-order valence-corrected chi connectivity index (χ2v) is 5.31. The number of carbonyl (C=O) groups is 1. The summed E-state index contributed by atoms with van der Waals surface area (Å²) in [5, 5.41) is 0. The van der Waals surface area contributed by atoms with Gasteiger partial charge in [-0.3, -0.25) is 9.59 Å². The van der Waals surface area contributed by atoms with E-state index in [2.05, 4.69) is 4.98 Å². The lowest BCUT2D eigenvalue weighted by molar-refractivity contribution is 0.0688. The van der Waals surface area contributed by atoms with Crippen molar-refractivity contribution in [1.29, 1.82) is 0 Å². The van der Waals surface area contributed by atoms with E-state index < -0.39 is 0 Å². The van der Waals surface area contributed by atoms with E-state index in [-0.39, 0.29) is 17.0 Å². The zero-order valence-electron chi connectivity index (χ0n) is 10.4. The van der Waals surface area contributed by atoms with Gasteiger partial charge in [0.05, 0.1) is 0 Å². The van der Waals surface area contributed by atoms with Crippen molar-refractivity contribution in [3.63, 3.8) is 0 Å². The van der Waals surface area contributed by atoms with Crippen LogP contribution in [0.2, 0.25) is 0 Å². The van der Waals surface area contributed by atoms with Gasteiger partial charge in [-0.05, 0) is 37.3 Å². The van der Waals surface area contributed by atoms with Crippen LogP contribution in [-0.2, 0) is 0 Å². The number of carbonyl (C=O) groups excluding carboxylic acids is 1. The van der Waals surface area contributed by atoms with Gasteiger partial charge >= 0.3 is 0 Å². The Kier molecular flexibility index (Phi) is 2.94. The summed E-state index contributed by atoms with van der Waals surface area (Å²) in [5.74, 6) is 0.566. The Labute approximate surface area is 106 Å². The summed E-state index contributed by atoms with van der Waals surface area (Å²) in [6, 6.07) is 3.70. The molecule has 1 aliphatic heterocycles. The summed E-state index contributed by atoms with van der Waals surface area (Å²) in [7, 11) is 0. The molecule has 2 atom stereocenters. The number of fused-ring (bicyclic) bond motifs is 1. The maximum atomic E-state index is 12.4. The molecule has 96 valence electrons. The van der Waals surface area contributed by atoms with E-state index in [1.165, 1.54) is 19.3 Å². The molecule has 1 aliphatic carbocycles. The van der Waals surface area contributed by atoms with Gasteiger partial charge in [0, 0.05) is 18.8 Å². The maximum Gasteiger partial charge on any atom is 0.260 e. The van der Waals surface area contributed by atoms with Gasteiger partial charge in [-0.1, -0.05) is 12.8 Å². The van der Waals surface area contributed by atoms with Crippen molar-refractivity contribution < 1.29 is 4.79 Å². The monoisotopic (exact) mass is 246 g/mol. The molecular weight excluding hydrogens is 228 g/mol. The molecule has 2 heterocycles. The number of nitrogens with zero attached hydrogens (tertiary/aromatic N) is 1. The normalized spacial score (nSPS) is 27.0. The average Bonchev–Trinajstić information content (AvgIpc) is 2.82. The first-order valence-electron chi connectivity index (χ1n) is 6.76. The molecule has 2 unspecified atom stereocenters. The Morgan fingerprint density at radius 2 is 2.11 bits per heavy atom. The Bertz CT molecular complexity index is 509. The molecule has 3 rings (SSSR count). The molecule has 0 spiro atoms. The van der Waals surface area contributed by atoms with Gasteiger partial charge in [0.15, 0.2) is 0 Å². The van der Waals surface area contributed by atoms with E-state index in [1.54, 1.807) is 18.3 Å². The van der Waals surface area contributed by atoms with Crippen LogP contribution in [0.4, 0.5) is 0 Å². The van der Waals surface area contributed by atoms with Crippen LogP contribution in [0.15, 0.2) is 23.1 Å². The van der Waals surface area contributed by atoms with Gasteiger partial charge in [-0.15, -0.1) is 0 Å². The first kappa shape index (κ1) is 11.5. The lowest BCUT2D eigenvalue weighted by atomic mass is 9.85. The smallest absolute Gasteiger partial charge is 0.260 e. The Morgan fingerprint density at radius 1 is 1.28 bits per heavy atom. The number of aromatic amines is 1. The summed E-state index contributed by atoms with van der Waals surface area (Å²) in [4.78, 5) is 28.6. The molecular formula is C14H18N2O2. The number of rotatable bonds is 1. The zero-order chi connectivity index (χ0) is 12.5. The van der Waals surface area contributed by atoms with E-state index >= 15 is 0 Å². The molecule has 1 aromatic heterocycles. The summed E-state index contributed by atoms with van der Waals surface area (Å²) >= 11 is 0. The maximum absolute atomic E-state index is 12.4. The summed E-state index contributed by atoms with van der Waals surface area (Å²) in [6.45, 7) is 0.808. The fraction of sp³-hybridized carbons (Fsp3) is 0.571. The molecule has 4 nitrogen and oxygen atoms in total. The molecule has 1 amide bonds. The molecule has 0 radical (unpaired) electrons. The van der Waals surface area contributed by atoms with Crippen LogP contribution in [0, 0.1) is 5.92 Å². The third-order valence-electron chi connectivity index (χ3n) is 4.32. The molecule has 0 bridgehead atoms. The highest BCUT2D eigenvalue weighted by Gasteiger charge is 2.38. The number of amides is 1. The van der Waals surface area contributed by atoms with Crippen molar-refractivity contribution >= 4 is 5.91 Å². The van der Waals surface area contributed by atoms with Crippen LogP contribution < -0.4 is 5.56 Å². The molecule has 2 aliphatic rings. The first-order valence-corrected chi connectivity index (χ1v) is 6.76. The molecule has 1 saturated heterocycles. The topological polar surface area (TPSA) is 53.2 Å². The number of likely N-dealkylation sites (tertiary alicyclic amines) is 1. The highest BCUT2D eigenvalue weighted by atomic mass is 16.2. The minimum atomic E-state index is -0.276. The van der Waals surface area contributed by atoms with Gasteiger partial charge in [-0.2, -0.15) is 0 Å². The summed E-state index contributed by atoms with van der Waals surface area (Å²) in [6.07, 6.45) is 7.49. The lowest BCUT2D eigenvalue weighted by Gasteiger charge is -2.31. The molecule has 1 aromatic rings. The Morgan fingerprint density at radius 3 is 2.94 bits per heavy atom. The molecule has 0 aromatic carbocycles. The van der Waals surface area contributed by atoms with Crippen LogP contribution >= 0.6 is 0 Å². The highest BCUT2D eigenvalue weighted by Crippen LogP contribution is 2.36. The van der Waals surface area contributed by atoms with Crippen LogP contribution in [0.3, 0.4) is 0 Å².